The number of nitriles is 1. The molecule has 0 aliphatic rings. The first kappa shape index (κ1) is 23.9. The highest BCUT2D eigenvalue weighted by Gasteiger charge is 2.11. The van der Waals surface area contributed by atoms with Crippen molar-refractivity contribution in [1.82, 2.24) is 15.6 Å². The van der Waals surface area contributed by atoms with Crippen molar-refractivity contribution in [3.8, 4) is 6.19 Å². The van der Waals surface area contributed by atoms with Gasteiger partial charge in [-0.1, -0.05) is 0 Å². The number of aliphatic hydroxyl groups excluding tert-OH is 1. The highest BCUT2D eigenvalue weighted by atomic mass is 32.2. The lowest BCUT2D eigenvalue weighted by Crippen LogP contribution is -2.36. The van der Waals surface area contributed by atoms with Gasteiger partial charge in [0, 0.05) is 35.6 Å². The van der Waals surface area contributed by atoms with E-state index in [2.05, 4.69) is 25.6 Å². The monoisotopic (exact) mass is 463 g/mol. The molecule has 0 fully saturated rings. The summed E-state index contributed by atoms with van der Waals surface area (Å²) in [6.45, 7) is 0.505. The van der Waals surface area contributed by atoms with Crippen LogP contribution in [0.3, 0.4) is 0 Å². The van der Waals surface area contributed by atoms with Crippen molar-refractivity contribution < 1.29 is 10.0 Å². The minimum atomic E-state index is -0.962. The minimum absolute atomic E-state index is 0.0195. The second kappa shape index (κ2) is 12.3. The topological polar surface area (TPSA) is 201 Å². The van der Waals surface area contributed by atoms with E-state index in [-0.39, 0.29) is 24.2 Å². The fourth-order valence-electron chi connectivity index (χ4n) is 2.24. The van der Waals surface area contributed by atoms with Crippen LogP contribution >= 0.6 is 23.1 Å². The first-order valence-electron chi connectivity index (χ1n) is 8.86. The van der Waals surface area contributed by atoms with Gasteiger partial charge in [0.2, 0.25) is 11.1 Å². The van der Waals surface area contributed by atoms with Crippen LogP contribution in [0.2, 0.25) is 0 Å². The molecule has 14 heteroatoms. The van der Waals surface area contributed by atoms with Crippen molar-refractivity contribution in [3.63, 3.8) is 0 Å². The number of aromatic nitrogens is 1. The highest BCUT2D eigenvalue weighted by molar-refractivity contribution is 7.98. The lowest BCUT2D eigenvalue weighted by atomic mass is 10.1. The average molecular weight is 464 g/mol. The van der Waals surface area contributed by atoms with Crippen LogP contribution < -0.4 is 22.1 Å². The highest BCUT2D eigenvalue weighted by Crippen LogP contribution is 2.21. The molecule has 0 saturated carbocycles. The molecule has 12 nitrogen and oxygen atoms in total. The molecule has 31 heavy (non-hydrogen) atoms. The number of non-ortho nitro benzene ring substituents is 1. The lowest BCUT2D eigenvalue weighted by molar-refractivity contribution is -0.384. The second-order valence-corrected chi connectivity index (χ2v) is 7.87. The van der Waals surface area contributed by atoms with Crippen molar-refractivity contribution in [2.45, 2.75) is 11.9 Å². The summed E-state index contributed by atoms with van der Waals surface area (Å²) >= 11 is 2.98. The number of nitrogens with two attached hydrogens (primary N) is 2. The smallest absolute Gasteiger partial charge is 0.269 e. The molecule has 1 atom stereocenters. The average Bonchev–Trinajstić information content (AvgIpc) is 3.17. The number of nitrogens with one attached hydrogen (secondary N) is 2. The molecular weight excluding hydrogens is 442 g/mol. The van der Waals surface area contributed by atoms with Crippen LogP contribution in [0.15, 0.2) is 39.6 Å². The van der Waals surface area contributed by atoms with E-state index >= 15 is 0 Å². The molecule has 1 aromatic heterocycles. The number of nitro benzene ring substituents is 1. The minimum Gasteiger partial charge on any atom is -0.386 e. The van der Waals surface area contributed by atoms with Crippen LogP contribution in [0.1, 0.15) is 17.4 Å². The van der Waals surface area contributed by atoms with Gasteiger partial charge >= 0.3 is 0 Å². The Balaban J connectivity index is 1.77. The number of benzene rings is 1. The van der Waals surface area contributed by atoms with Crippen molar-refractivity contribution in [2.75, 3.05) is 18.8 Å². The molecule has 1 unspecified atom stereocenters. The Morgan fingerprint density at radius 2 is 2.16 bits per heavy atom. The fourth-order valence-corrected chi connectivity index (χ4v) is 3.80. The van der Waals surface area contributed by atoms with E-state index < -0.39 is 11.0 Å². The number of nitrogens with zero attached hydrogens (tertiary/aromatic N) is 5. The fraction of sp³-hybridized carbons (Fsp3) is 0.294. The number of hydrogen-bond acceptors (Lipinski definition) is 9. The quantitative estimate of drug-likeness (QED) is 0.0642. The zero-order valence-electron chi connectivity index (χ0n) is 16.3. The molecule has 0 radical (unpaired) electrons. The van der Waals surface area contributed by atoms with E-state index in [9.17, 15) is 15.2 Å². The van der Waals surface area contributed by atoms with Crippen LogP contribution in [0.4, 0.5) is 10.8 Å². The third-order valence-electron chi connectivity index (χ3n) is 3.64. The number of hydrogen-bond donors (Lipinski definition) is 5. The first-order valence-corrected chi connectivity index (χ1v) is 10.9. The van der Waals surface area contributed by atoms with Crippen LogP contribution in [0.25, 0.3) is 0 Å². The second-order valence-electron chi connectivity index (χ2n) is 5.93. The summed E-state index contributed by atoms with van der Waals surface area (Å²) in [5, 5.41) is 37.6. The van der Waals surface area contributed by atoms with Crippen molar-refractivity contribution in [2.24, 2.45) is 21.5 Å². The van der Waals surface area contributed by atoms with Gasteiger partial charge in [-0.3, -0.25) is 15.4 Å². The molecule has 7 N–H and O–H groups in total. The third kappa shape index (κ3) is 8.46. The Morgan fingerprint density at radius 3 is 2.81 bits per heavy atom. The van der Waals surface area contributed by atoms with E-state index in [1.54, 1.807) is 18.0 Å². The molecule has 0 amide bonds. The molecule has 0 bridgehead atoms. The van der Waals surface area contributed by atoms with Gasteiger partial charge in [-0.25, -0.2) is 9.98 Å². The zero-order chi connectivity index (χ0) is 22.6. The Morgan fingerprint density at radius 1 is 1.42 bits per heavy atom. The van der Waals surface area contributed by atoms with Gasteiger partial charge in [0.25, 0.3) is 5.69 Å². The van der Waals surface area contributed by atoms with Gasteiger partial charge in [-0.05, 0) is 17.7 Å². The van der Waals surface area contributed by atoms with Gasteiger partial charge in [0.15, 0.2) is 12.2 Å². The number of aliphatic imine (C=N–C) groups is 2. The third-order valence-corrected chi connectivity index (χ3v) is 5.41. The van der Waals surface area contributed by atoms with Crippen LogP contribution in [-0.2, 0) is 5.75 Å². The molecule has 164 valence electrons. The Kier molecular flexibility index (Phi) is 9.49. The van der Waals surface area contributed by atoms with Gasteiger partial charge in [-0.2, -0.15) is 22.0 Å². The normalized spacial score (nSPS) is 11.9. The summed E-state index contributed by atoms with van der Waals surface area (Å²) in [7, 11) is 0. The van der Waals surface area contributed by atoms with Crippen molar-refractivity contribution in [1.29, 1.82) is 5.26 Å². The number of thioether (sulfide) groups is 1. The predicted octanol–water partition coefficient (Wildman–Crippen LogP) is 0.939. The van der Waals surface area contributed by atoms with Crippen LogP contribution in [-0.4, -0.2) is 45.8 Å². The van der Waals surface area contributed by atoms with E-state index in [0.717, 1.165) is 5.69 Å². The van der Waals surface area contributed by atoms with E-state index in [1.807, 2.05) is 5.38 Å². The van der Waals surface area contributed by atoms with Gasteiger partial charge in [0.1, 0.15) is 0 Å². The van der Waals surface area contributed by atoms with Crippen LogP contribution in [0, 0.1) is 21.6 Å². The van der Waals surface area contributed by atoms with Gasteiger partial charge in [0.05, 0.1) is 23.3 Å². The van der Waals surface area contributed by atoms with E-state index in [0.29, 0.717) is 28.7 Å². The van der Waals surface area contributed by atoms with Crippen molar-refractivity contribution >= 4 is 45.8 Å². The molecular formula is C17H21N9O3S2. The van der Waals surface area contributed by atoms with E-state index in [4.69, 9.17) is 16.7 Å². The number of thiazole rings is 1. The SMILES string of the molecule is N#CN/C(=N\CC(O)c1ccc([N+](=O)[O-])cc1)NCCSCc1csc(N=C(N)N)n1. The number of rotatable bonds is 10. The molecule has 0 aliphatic carbocycles. The first-order chi connectivity index (χ1) is 14.9. The maximum atomic E-state index is 10.7. The van der Waals surface area contributed by atoms with Crippen molar-refractivity contribution in [3.05, 3.63) is 51.0 Å². The molecule has 0 aliphatic heterocycles. The Hall–Kier alpha value is -3.41. The summed E-state index contributed by atoms with van der Waals surface area (Å²) in [6.07, 6.45) is 0.827. The molecule has 1 aromatic carbocycles. The summed E-state index contributed by atoms with van der Waals surface area (Å²) < 4.78 is 0. The zero-order valence-corrected chi connectivity index (χ0v) is 17.9. The molecule has 0 saturated heterocycles. The number of aliphatic hydroxyl groups is 1. The van der Waals surface area contributed by atoms with Gasteiger partial charge < -0.3 is 21.9 Å². The summed E-state index contributed by atoms with van der Waals surface area (Å²) in [6, 6.07) is 5.57. The number of guanidine groups is 2. The standard InChI is InChI=1S/C17H21N9O3S2/c18-10-23-16(22-7-14(27)11-1-3-13(4-2-11)26(28)29)21-5-6-30-8-12-9-31-17(24-12)25-15(19)20/h1-4,9,14,27H,5-8H2,(H2,21,22,23)(H4,19,20,24,25). The Bertz CT molecular complexity index is 966. The van der Waals surface area contributed by atoms with Gasteiger partial charge in [-0.15, -0.1) is 11.3 Å². The lowest BCUT2D eigenvalue weighted by Gasteiger charge is -2.11. The molecule has 0 spiro atoms. The maximum absolute atomic E-state index is 10.7. The predicted molar refractivity (Wildman–Crippen MR) is 121 cm³/mol. The summed E-state index contributed by atoms with van der Waals surface area (Å²) in [5.41, 5.74) is 11.9. The Labute approximate surface area is 186 Å². The van der Waals surface area contributed by atoms with Crippen LogP contribution in [0.5, 0.6) is 0 Å². The molecule has 2 rings (SSSR count). The molecule has 2 aromatic rings. The summed E-state index contributed by atoms with van der Waals surface area (Å²) in [5.74, 6) is 1.59. The summed E-state index contributed by atoms with van der Waals surface area (Å²) in [4.78, 5) is 22.5. The van der Waals surface area contributed by atoms with E-state index in [1.165, 1.54) is 35.6 Å². The molecule has 1 heterocycles. The largest absolute Gasteiger partial charge is 0.386 e. The maximum Gasteiger partial charge on any atom is 0.269 e. The number of nitro groups is 1.